The predicted octanol–water partition coefficient (Wildman–Crippen LogP) is 2.05. The molecule has 0 spiro atoms. The van der Waals surface area contributed by atoms with Crippen LogP contribution in [-0.2, 0) is 27.5 Å². The molecule has 0 fully saturated rings. The Labute approximate surface area is 106 Å². The summed E-state index contributed by atoms with van der Waals surface area (Å²) in [6.45, 7) is 0.975. The zero-order chi connectivity index (χ0) is 12.8. The minimum Gasteiger partial charge on any atom is -0.198 e. The second kappa shape index (κ2) is 4.05. The lowest BCUT2D eigenvalue weighted by atomic mass is 9.96. The maximum absolute atomic E-state index is 11.2. The highest BCUT2D eigenvalue weighted by Crippen LogP contribution is 2.30. The van der Waals surface area contributed by atoms with Crippen molar-refractivity contribution in [2.75, 3.05) is 6.26 Å². The molecule has 2 aromatic rings. The summed E-state index contributed by atoms with van der Waals surface area (Å²) in [6, 6.07) is 12.1. The molecule has 0 unspecified atom stereocenters. The van der Waals surface area contributed by atoms with Crippen molar-refractivity contribution < 1.29 is 12.7 Å². The molecule has 5 heteroatoms. The van der Waals surface area contributed by atoms with Crippen molar-refractivity contribution in [2.45, 2.75) is 13.1 Å². The number of rotatable bonds is 2. The molecule has 4 nitrogen and oxygen atoms in total. The van der Waals surface area contributed by atoms with E-state index in [1.807, 2.05) is 24.3 Å². The summed E-state index contributed by atoms with van der Waals surface area (Å²) in [4.78, 5) is 0. The van der Waals surface area contributed by atoms with Crippen LogP contribution in [-0.4, -0.2) is 19.7 Å². The van der Waals surface area contributed by atoms with Gasteiger partial charge in [-0.25, -0.2) is 0 Å². The Bertz CT molecular complexity index is 668. The van der Waals surface area contributed by atoms with E-state index in [9.17, 15) is 8.42 Å². The Balaban J connectivity index is 2.06. The van der Waals surface area contributed by atoms with E-state index in [4.69, 9.17) is 4.28 Å². The van der Waals surface area contributed by atoms with E-state index >= 15 is 0 Å². The molecule has 0 bridgehead atoms. The molecule has 2 aromatic carbocycles. The minimum atomic E-state index is -3.47. The summed E-state index contributed by atoms with van der Waals surface area (Å²) >= 11 is 0. The zero-order valence-corrected chi connectivity index (χ0v) is 10.8. The van der Waals surface area contributed by atoms with Crippen LogP contribution in [0.25, 0.3) is 10.8 Å². The summed E-state index contributed by atoms with van der Waals surface area (Å²) in [7, 11) is -3.47. The number of hydrogen-bond acceptors (Lipinski definition) is 4. The SMILES string of the molecule is CS(=O)(=O)ON1Cc2cccc3cccc(c23)C1. The molecule has 3 rings (SSSR count). The van der Waals surface area contributed by atoms with Crippen LogP contribution in [0.5, 0.6) is 0 Å². The molecule has 0 aliphatic carbocycles. The van der Waals surface area contributed by atoms with Gasteiger partial charge in [-0.05, 0) is 21.9 Å². The van der Waals surface area contributed by atoms with Crippen LogP contribution in [0.1, 0.15) is 11.1 Å². The highest BCUT2D eigenvalue weighted by atomic mass is 32.2. The molecular weight excluding hydrogens is 250 g/mol. The van der Waals surface area contributed by atoms with Crippen LogP contribution in [0, 0.1) is 0 Å². The summed E-state index contributed by atoms with van der Waals surface area (Å²) in [5.41, 5.74) is 2.19. The Morgan fingerprint density at radius 1 is 1.06 bits per heavy atom. The van der Waals surface area contributed by atoms with Gasteiger partial charge < -0.3 is 0 Å². The van der Waals surface area contributed by atoms with Crippen molar-refractivity contribution in [3.8, 4) is 0 Å². The Kier molecular flexibility index (Phi) is 2.62. The highest BCUT2D eigenvalue weighted by Gasteiger charge is 2.21. The lowest BCUT2D eigenvalue weighted by molar-refractivity contribution is -0.0698. The fourth-order valence-electron chi connectivity index (χ4n) is 2.45. The fourth-order valence-corrected chi connectivity index (χ4v) is 2.93. The monoisotopic (exact) mass is 263 g/mol. The van der Waals surface area contributed by atoms with Crippen molar-refractivity contribution in [3.63, 3.8) is 0 Å². The minimum absolute atomic E-state index is 0.488. The van der Waals surface area contributed by atoms with E-state index in [1.165, 1.54) is 15.8 Å². The average molecular weight is 263 g/mol. The van der Waals surface area contributed by atoms with E-state index in [0.717, 1.165) is 17.4 Å². The third-order valence-electron chi connectivity index (χ3n) is 3.01. The van der Waals surface area contributed by atoms with Gasteiger partial charge in [0, 0.05) is 0 Å². The lowest BCUT2D eigenvalue weighted by Gasteiger charge is -2.26. The number of benzene rings is 2. The van der Waals surface area contributed by atoms with Gasteiger partial charge in [0.15, 0.2) is 0 Å². The normalized spacial score (nSPS) is 16.1. The molecule has 0 N–H and O–H groups in total. The molecule has 0 radical (unpaired) electrons. The Hall–Kier alpha value is -1.43. The number of nitrogens with zero attached hydrogens (tertiary/aromatic N) is 1. The van der Waals surface area contributed by atoms with Gasteiger partial charge in [0.2, 0.25) is 0 Å². The molecule has 1 aliphatic rings. The molecule has 1 aliphatic heterocycles. The van der Waals surface area contributed by atoms with E-state index in [1.54, 1.807) is 0 Å². The second-order valence-corrected chi connectivity index (χ2v) is 6.07. The van der Waals surface area contributed by atoms with Gasteiger partial charge in [-0.2, -0.15) is 17.8 Å². The van der Waals surface area contributed by atoms with Crippen LogP contribution < -0.4 is 0 Å². The molecule has 1 heterocycles. The van der Waals surface area contributed by atoms with Gasteiger partial charge >= 0.3 is 0 Å². The van der Waals surface area contributed by atoms with Crippen molar-refractivity contribution >= 4 is 20.9 Å². The second-order valence-electron chi connectivity index (χ2n) is 4.51. The first kappa shape index (κ1) is 11.6. The molecular formula is C13H13NO3S. The van der Waals surface area contributed by atoms with Crippen LogP contribution in [0.3, 0.4) is 0 Å². The maximum atomic E-state index is 11.2. The average Bonchev–Trinajstić information content (AvgIpc) is 2.27. The van der Waals surface area contributed by atoms with Gasteiger partial charge in [0.05, 0.1) is 19.3 Å². The molecule has 0 atom stereocenters. The van der Waals surface area contributed by atoms with E-state index in [0.29, 0.717) is 13.1 Å². The predicted molar refractivity (Wildman–Crippen MR) is 69.1 cm³/mol. The smallest absolute Gasteiger partial charge is 0.198 e. The van der Waals surface area contributed by atoms with E-state index in [-0.39, 0.29) is 0 Å². The van der Waals surface area contributed by atoms with Crippen molar-refractivity contribution in [3.05, 3.63) is 47.5 Å². The lowest BCUT2D eigenvalue weighted by Crippen LogP contribution is -2.29. The molecule has 94 valence electrons. The van der Waals surface area contributed by atoms with Gasteiger partial charge in [0.1, 0.15) is 0 Å². The Morgan fingerprint density at radius 3 is 2.11 bits per heavy atom. The van der Waals surface area contributed by atoms with Gasteiger partial charge in [-0.3, -0.25) is 0 Å². The van der Waals surface area contributed by atoms with Crippen LogP contribution >= 0.6 is 0 Å². The zero-order valence-electron chi connectivity index (χ0n) is 9.96. The van der Waals surface area contributed by atoms with Gasteiger partial charge in [-0.1, -0.05) is 36.4 Å². The summed E-state index contributed by atoms with van der Waals surface area (Å²) in [5.74, 6) is 0. The molecule has 18 heavy (non-hydrogen) atoms. The van der Waals surface area contributed by atoms with Crippen molar-refractivity contribution in [2.24, 2.45) is 0 Å². The molecule has 0 amide bonds. The topological polar surface area (TPSA) is 46.6 Å². The maximum Gasteiger partial charge on any atom is 0.280 e. The first-order valence-electron chi connectivity index (χ1n) is 5.67. The summed E-state index contributed by atoms with van der Waals surface area (Å²) in [6.07, 6.45) is 1.06. The van der Waals surface area contributed by atoms with E-state index in [2.05, 4.69) is 12.1 Å². The molecule has 0 saturated carbocycles. The fraction of sp³-hybridized carbons (Fsp3) is 0.231. The van der Waals surface area contributed by atoms with Crippen molar-refractivity contribution in [1.29, 1.82) is 0 Å². The third kappa shape index (κ3) is 2.12. The van der Waals surface area contributed by atoms with Gasteiger partial charge in [0.25, 0.3) is 10.1 Å². The largest absolute Gasteiger partial charge is 0.280 e. The first-order valence-corrected chi connectivity index (χ1v) is 7.48. The molecule has 0 saturated heterocycles. The molecule has 0 aromatic heterocycles. The summed E-state index contributed by atoms with van der Waals surface area (Å²) in [5, 5.41) is 3.88. The van der Waals surface area contributed by atoms with E-state index < -0.39 is 10.1 Å². The first-order chi connectivity index (χ1) is 8.53. The van der Waals surface area contributed by atoms with Crippen LogP contribution in [0.15, 0.2) is 36.4 Å². The number of hydroxylamine groups is 2. The summed E-state index contributed by atoms with van der Waals surface area (Å²) < 4.78 is 27.4. The standard InChI is InChI=1S/C13H13NO3S/c1-18(15,16)17-14-8-11-6-2-4-10-5-3-7-12(9-14)13(10)11/h2-7H,8-9H2,1H3. The van der Waals surface area contributed by atoms with Gasteiger partial charge in [-0.15, -0.1) is 0 Å². The highest BCUT2D eigenvalue weighted by molar-refractivity contribution is 7.85. The van der Waals surface area contributed by atoms with Crippen molar-refractivity contribution in [1.82, 2.24) is 5.06 Å². The third-order valence-corrected chi connectivity index (χ3v) is 3.49. The quantitative estimate of drug-likeness (QED) is 0.832. The van der Waals surface area contributed by atoms with Crippen LogP contribution in [0.2, 0.25) is 0 Å². The van der Waals surface area contributed by atoms with Crippen LogP contribution in [0.4, 0.5) is 0 Å². The number of hydrogen-bond donors (Lipinski definition) is 0. The Morgan fingerprint density at radius 2 is 1.61 bits per heavy atom.